The van der Waals surface area contributed by atoms with Crippen molar-refractivity contribution < 1.29 is 19.0 Å². The zero-order chi connectivity index (χ0) is 33.5. The van der Waals surface area contributed by atoms with Crippen LogP contribution in [0.5, 0.6) is 17.2 Å². The predicted octanol–water partition coefficient (Wildman–Crippen LogP) is 4.03. The number of fused-ring (bicyclic) bond motifs is 1. The summed E-state index contributed by atoms with van der Waals surface area (Å²) in [4.78, 5) is 17.7. The fraction of sp³-hybridized carbons (Fsp3) is 0.447. The van der Waals surface area contributed by atoms with Crippen molar-refractivity contribution in [3.05, 3.63) is 77.5 Å². The Bertz CT molecular complexity index is 1690. The molecule has 2 saturated heterocycles. The van der Waals surface area contributed by atoms with E-state index in [2.05, 4.69) is 85.9 Å². The van der Waals surface area contributed by atoms with Crippen LogP contribution in [-0.2, 0) is 24.4 Å². The molecule has 48 heavy (non-hydrogen) atoms. The van der Waals surface area contributed by atoms with Crippen LogP contribution in [0.2, 0.25) is 0 Å². The van der Waals surface area contributed by atoms with E-state index in [1.165, 1.54) is 27.6 Å². The lowest BCUT2D eigenvalue weighted by atomic mass is 10.0. The fourth-order valence-electron chi connectivity index (χ4n) is 6.94. The lowest BCUT2D eigenvalue weighted by Gasteiger charge is -2.34. The van der Waals surface area contributed by atoms with Crippen LogP contribution in [-0.4, -0.2) is 100 Å². The van der Waals surface area contributed by atoms with Crippen molar-refractivity contribution in [1.82, 2.24) is 30.3 Å². The van der Waals surface area contributed by atoms with E-state index in [1.54, 1.807) is 21.3 Å². The van der Waals surface area contributed by atoms with Crippen LogP contribution in [0.25, 0.3) is 22.0 Å². The quantitative estimate of drug-likeness (QED) is 0.186. The average Bonchev–Trinajstić information content (AvgIpc) is 3.47. The number of amides is 1. The van der Waals surface area contributed by atoms with Crippen LogP contribution in [0, 0.1) is 6.92 Å². The molecule has 2 aliphatic heterocycles. The first-order chi connectivity index (χ1) is 23.4. The Morgan fingerprint density at radius 3 is 2.31 bits per heavy atom. The number of ether oxygens (including phenoxy) is 3. The first kappa shape index (κ1) is 33.8. The van der Waals surface area contributed by atoms with E-state index in [9.17, 15) is 4.79 Å². The van der Waals surface area contributed by atoms with Crippen molar-refractivity contribution >= 4 is 16.8 Å². The van der Waals surface area contributed by atoms with Gasteiger partial charge in [-0.15, -0.1) is 0 Å². The number of carbonyl (C=O) groups is 1. The minimum atomic E-state index is -0.168. The van der Waals surface area contributed by atoms with Gasteiger partial charge in [-0.2, -0.15) is 0 Å². The van der Waals surface area contributed by atoms with Gasteiger partial charge in [-0.3, -0.25) is 14.6 Å². The first-order valence-electron chi connectivity index (χ1n) is 17.1. The van der Waals surface area contributed by atoms with Crippen molar-refractivity contribution in [2.75, 3.05) is 73.7 Å². The molecule has 2 fully saturated rings. The number of carbonyl (C=O) groups excluding carboxylic acids is 1. The summed E-state index contributed by atoms with van der Waals surface area (Å²) in [5.74, 6) is 2.53. The number of nitrogens with one attached hydrogen (secondary N) is 3. The molecule has 1 unspecified atom stereocenters. The highest BCUT2D eigenvalue weighted by atomic mass is 16.5. The van der Waals surface area contributed by atoms with Gasteiger partial charge in [0.2, 0.25) is 5.91 Å². The molecule has 0 aliphatic carbocycles. The zero-order valence-electron chi connectivity index (χ0n) is 28.8. The average molecular weight is 655 g/mol. The van der Waals surface area contributed by atoms with E-state index >= 15 is 0 Å². The molecule has 6 rings (SSSR count). The number of nitrogens with zero attached hydrogens (tertiary/aromatic N) is 3. The van der Waals surface area contributed by atoms with E-state index in [0.29, 0.717) is 13.1 Å². The fourth-order valence-corrected chi connectivity index (χ4v) is 6.94. The van der Waals surface area contributed by atoms with E-state index in [1.807, 2.05) is 12.1 Å². The normalized spacial score (nSPS) is 17.4. The molecule has 0 radical (unpaired) electrons. The van der Waals surface area contributed by atoms with Crippen LogP contribution in [0.4, 0.5) is 0 Å². The van der Waals surface area contributed by atoms with E-state index in [-0.39, 0.29) is 11.9 Å². The molecule has 0 spiro atoms. The molecule has 10 nitrogen and oxygen atoms in total. The van der Waals surface area contributed by atoms with Crippen LogP contribution >= 0.6 is 0 Å². The molecule has 2 aliphatic rings. The maximum Gasteiger partial charge on any atom is 0.238 e. The van der Waals surface area contributed by atoms with Crippen LogP contribution < -0.4 is 30.2 Å². The summed E-state index contributed by atoms with van der Waals surface area (Å²) >= 11 is 0. The molecule has 1 atom stereocenters. The topological polar surface area (TPSA) is 92.3 Å². The molecule has 0 saturated carbocycles. The third kappa shape index (κ3) is 8.13. The Hall–Kier alpha value is -4.09. The van der Waals surface area contributed by atoms with Gasteiger partial charge in [0.25, 0.3) is 0 Å². The molecular formula is C38H50N6O4. The Morgan fingerprint density at radius 1 is 0.833 bits per heavy atom. The first-order valence-corrected chi connectivity index (χ1v) is 17.1. The molecule has 10 heteroatoms. The van der Waals surface area contributed by atoms with Crippen molar-refractivity contribution in [3.63, 3.8) is 0 Å². The van der Waals surface area contributed by atoms with Gasteiger partial charge in [-0.25, -0.2) is 0 Å². The summed E-state index contributed by atoms with van der Waals surface area (Å²) in [6.07, 6.45) is 3.06. The molecule has 3 N–H and O–H groups in total. The Kier molecular flexibility index (Phi) is 11.2. The maximum atomic E-state index is 12.6. The van der Waals surface area contributed by atoms with E-state index in [4.69, 9.17) is 14.2 Å². The number of piperazine rings is 2. The highest BCUT2D eigenvalue weighted by molar-refractivity contribution is 5.98. The number of aryl methyl sites for hydroxylation is 2. The largest absolute Gasteiger partial charge is 0.497 e. The monoisotopic (exact) mass is 654 g/mol. The van der Waals surface area contributed by atoms with Gasteiger partial charge in [0, 0.05) is 106 Å². The lowest BCUT2D eigenvalue weighted by Crippen LogP contribution is -2.55. The minimum absolute atomic E-state index is 0.0593. The van der Waals surface area contributed by atoms with Crippen molar-refractivity contribution in [2.45, 2.75) is 39.0 Å². The molecule has 256 valence electrons. The molecule has 4 aromatic rings. The number of rotatable bonds is 13. The van der Waals surface area contributed by atoms with Gasteiger partial charge in [0.05, 0.1) is 27.4 Å². The van der Waals surface area contributed by atoms with Gasteiger partial charge >= 0.3 is 0 Å². The van der Waals surface area contributed by atoms with Crippen LogP contribution in [0.15, 0.2) is 60.8 Å². The third-order valence-electron chi connectivity index (χ3n) is 9.50. The second-order valence-corrected chi connectivity index (χ2v) is 12.9. The summed E-state index contributed by atoms with van der Waals surface area (Å²) in [7, 11) is 5.11. The summed E-state index contributed by atoms with van der Waals surface area (Å²) in [5, 5.41) is 10.9. The highest BCUT2D eigenvalue weighted by Crippen LogP contribution is 2.39. The smallest absolute Gasteiger partial charge is 0.238 e. The Morgan fingerprint density at radius 2 is 1.60 bits per heavy atom. The predicted molar refractivity (Wildman–Crippen MR) is 191 cm³/mol. The zero-order valence-corrected chi connectivity index (χ0v) is 28.8. The highest BCUT2D eigenvalue weighted by Gasteiger charge is 2.21. The SMILES string of the molecule is COc1cc(C)cc(CN2CCN(Cc3ccc4c(c3)c(-c3ccc(OC)cc3OC)cn4CCCNC(=O)C3CNCCN3)CC2)c1. The summed E-state index contributed by atoms with van der Waals surface area (Å²) in [6.45, 7) is 11.9. The van der Waals surface area contributed by atoms with E-state index < -0.39 is 0 Å². The summed E-state index contributed by atoms with van der Waals surface area (Å²) < 4.78 is 19.1. The number of methoxy groups -OCH3 is 3. The molecule has 3 aromatic carbocycles. The number of hydrogen-bond donors (Lipinski definition) is 3. The lowest BCUT2D eigenvalue weighted by molar-refractivity contribution is -0.123. The number of benzene rings is 3. The molecule has 1 amide bonds. The van der Waals surface area contributed by atoms with Gasteiger partial charge < -0.3 is 34.7 Å². The summed E-state index contributed by atoms with van der Waals surface area (Å²) in [5.41, 5.74) is 7.17. The van der Waals surface area contributed by atoms with Crippen LogP contribution in [0.1, 0.15) is 23.1 Å². The molecule has 3 heterocycles. The minimum Gasteiger partial charge on any atom is -0.497 e. The number of aromatic nitrogens is 1. The standard InChI is InChI=1S/C38H50N6O4/c1-27-18-29(20-31(19-27)47-3)25-43-16-14-42(15-17-43)24-28-6-9-36-33(21-28)34(32-8-7-30(46-2)22-37(32)48-4)26-44(36)13-5-10-41-38(45)35-23-39-11-12-40-35/h6-9,18-22,26,35,39-40H,5,10-17,23-25H2,1-4H3,(H,41,45). The third-order valence-corrected chi connectivity index (χ3v) is 9.50. The second kappa shape index (κ2) is 15.9. The maximum absolute atomic E-state index is 12.6. The van der Waals surface area contributed by atoms with Gasteiger partial charge in [0.1, 0.15) is 17.2 Å². The summed E-state index contributed by atoms with van der Waals surface area (Å²) in [6, 6.07) is 19.2. The number of hydrogen-bond acceptors (Lipinski definition) is 8. The van der Waals surface area contributed by atoms with Crippen molar-refractivity contribution in [3.8, 4) is 28.4 Å². The van der Waals surface area contributed by atoms with Crippen LogP contribution in [0.3, 0.4) is 0 Å². The second-order valence-electron chi connectivity index (χ2n) is 12.9. The Labute approximate surface area is 284 Å². The van der Waals surface area contributed by atoms with Gasteiger partial charge in [-0.1, -0.05) is 12.1 Å². The van der Waals surface area contributed by atoms with Crippen molar-refractivity contribution in [2.24, 2.45) is 0 Å². The van der Waals surface area contributed by atoms with Gasteiger partial charge in [0.15, 0.2) is 0 Å². The molecule has 0 bridgehead atoms. The Balaban J connectivity index is 1.16. The van der Waals surface area contributed by atoms with Gasteiger partial charge in [-0.05, 0) is 66.4 Å². The van der Waals surface area contributed by atoms with E-state index in [0.717, 1.165) is 93.7 Å². The molecular weight excluding hydrogens is 604 g/mol. The van der Waals surface area contributed by atoms with Crippen molar-refractivity contribution in [1.29, 1.82) is 0 Å². The molecule has 1 aromatic heterocycles.